The van der Waals surface area contributed by atoms with Gasteiger partial charge in [0.05, 0.1) is 6.04 Å². The molecule has 2 aromatic rings. The largest absolute Gasteiger partial charge is 0.484 e. The van der Waals surface area contributed by atoms with Crippen molar-refractivity contribution in [2.24, 2.45) is 5.73 Å². The highest BCUT2D eigenvalue weighted by Crippen LogP contribution is 2.39. The molecule has 30 heavy (non-hydrogen) atoms. The zero-order valence-electron chi connectivity index (χ0n) is 18.0. The van der Waals surface area contributed by atoms with Crippen LogP contribution in [0, 0.1) is 0 Å². The Balaban J connectivity index is 1.35. The van der Waals surface area contributed by atoms with Gasteiger partial charge < -0.3 is 10.5 Å². The van der Waals surface area contributed by atoms with E-state index in [-0.39, 0.29) is 12.1 Å². The van der Waals surface area contributed by atoms with Crippen LogP contribution in [0.25, 0.3) is 0 Å². The molecule has 4 nitrogen and oxygen atoms in total. The van der Waals surface area contributed by atoms with Gasteiger partial charge in [-0.2, -0.15) is 0 Å². The minimum atomic E-state index is 0.0803. The highest BCUT2D eigenvalue weighted by molar-refractivity contribution is 5.38. The minimum Gasteiger partial charge on any atom is -0.484 e. The zero-order valence-corrected chi connectivity index (χ0v) is 18.0. The summed E-state index contributed by atoms with van der Waals surface area (Å²) in [5.74, 6) is 0.998. The Morgan fingerprint density at radius 3 is 2.67 bits per heavy atom. The predicted octanol–water partition coefficient (Wildman–Crippen LogP) is 4.14. The SMILES string of the molecule is N[C@H]1CCCN([C@@H]2Cc3ccccc3[C@H]2Oc2cccc(CN3CCCCC3)c2)C1. The first-order chi connectivity index (χ1) is 14.8. The van der Waals surface area contributed by atoms with Crippen LogP contribution in [-0.2, 0) is 13.0 Å². The van der Waals surface area contributed by atoms with Gasteiger partial charge in [0, 0.05) is 19.1 Å². The van der Waals surface area contributed by atoms with E-state index in [2.05, 4.69) is 58.3 Å². The number of benzene rings is 2. The summed E-state index contributed by atoms with van der Waals surface area (Å²) < 4.78 is 6.73. The molecule has 0 bridgehead atoms. The summed E-state index contributed by atoms with van der Waals surface area (Å²) in [5.41, 5.74) is 10.5. The minimum absolute atomic E-state index is 0.0803. The Kier molecular flexibility index (Phi) is 6.07. The van der Waals surface area contributed by atoms with Crippen LogP contribution in [0.4, 0.5) is 0 Å². The van der Waals surface area contributed by atoms with Crippen LogP contribution < -0.4 is 10.5 Å². The standard InChI is InChI=1S/C26H35N3O/c27-22-10-7-15-29(19-22)25-17-21-9-2-3-12-24(21)26(25)30-23-11-6-8-20(16-23)18-28-13-4-1-5-14-28/h2-3,6,8-9,11-12,16,22,25-26H,1,4-5,7,10,13-15,17-19,27H2/t22-,25+,26+/m0/s1. The van der Waals surface area contributed by atoms with Crippen molar-refractivity contribution >= 4 is 0 Å². The van der Waals surface area contributed by atoms with Crippen LogP contribution in [0.5, 0.6) is 5.75 Å². The first-order valence-corrected chi connectivity index (χ1v) is 11.8. The number of nitrogens with zero attached hydrogens (tertiary/aromatic N) is 2. The van der Waals surface area contributed by atoms with Crippen molar-refractivity contribution in [2.45, 2.75) is 63.3 Å². The molecular weight excluding hydrogens is 370 g/mol. The fraction of sp³-hybridized carbons (Fsp3) is 0.538. The number of hydrogen-bond donors (Lipinski definition) is 1. The van der Waals surface area contributed by atoms with Gasteiger partial charge in [-0.3, -0.25) is 9.80 Å². The summed E-state index contributed by atoms with van der Waals surface area (Å²) >= 11 is 0. The van der Waals surface area contributed by atoms with E-state index >= 15 is 0 Å². The third kappa shape index (κ3) is 4.41. The quantitative estimate of drug-likeness (QED) is 0.812. The van der Waals surface area contributed by atoms with Gasteiger partial charge in [0.25, 0.3) is 0 Å². The lowest BCUT2D eigenvalue weighted by atomic mass is 10.0. The number of piperidine rings is 2. The Bertz CT molecular complexity index is 848. The Morgan fingerprint density at radius 1 is 0.933 bits per heavy atom. The van der Waals surface area contributed by atoms with Crippen molar-refractivity contribution in [1.82, 2.24) is 9.80 Å². The molecule has 0 radical (unpaired) electrons. The van der Waals surface area contributed by atoms with Gasteiger partial charge in [-0.1, -0.05) is 42.8 Å². The predicted molar refractivity (Wildman–Crippen MR) is 122 cm³/mol. The Hall–Kier alpha value is -1.88. The number of fused-ring (bicyclic) bond motifs is 1. The van der Waals surface area contributed by atoms with E-state index in [9.17, 15) is 0 Å². The van der Waals surface area contributed by atoms with Gasteiger partial charge in [0.2, 0.25) is 0 Å². The summed E-state index contributed by atoms with van der Waals surface area (Å²) in [4.78, 5) is 5.15. The molecular formula is C26H35N3O. The van der Waals surface area contributed by atoms with E-state index in [1.807, 2.05) is 0 Å². The smallest absolute Gasteiger partial charge is 0.140 e. The molecule has 2 saturated heterocycles. The Morgan fingerprint density at radius 2 is 1.80 bits per heavy atom. The van der Waals surface area contributed by atoms with Gasteiger partial charge in [-0.15, -0.1) is 0 Å². The van der Waals surface area contributed by atoms with Gasteiger partial charge in [0.1, 0.15) is 11.9 Å². The second-order valence-corrected chi connectivity index (χ2v) is 9.39. The van der Waals surface area contributed by atoms with E-state index in [1.165, 1.54) is 55.5 Å². The Labute approximate surface area is 181 Å². The van der Waals surface area contributed by atoms with Crippen LogP contribution in [-0.4, -0.2) is 48.1 Å². The summed E-state index contributed by atoms with van der Waals surface area (Å²) in [7, 11) is 0. The van der Waals surface area contributed by atoms with E-state index in [4.69, 9.17) is 10.5 Å². The normalized spacial score (nSPS) is 27.7. The van der Waals surface area contributed by atoms with Crippen LogP contribution in [0.15, 0.2) is 48.5 Å². The second kappa shape index (κ2) is 9.09. The number of likely N-dealkylation sites (tertiary alicyclic amines) is 2. The molecule has 0 saturated carbocycles. The maximum Gasteiger partial charge on any atom is 0.140 e. The van der Waals surface area contributed by atoms with Crippen LogP contribution in [0.1, 0.15) is 54.9 Å². The molecule has 3 aliphatic rings. The van der Waals surface area contributed by atoms with E-state index in [0.29, 0.717) is 6.04 Å². The van der Waals surface area contributed by atoms with Gasteiger partial charge in [-0.05, 0) is 80.6 Å². The third-order valence-corrected chi connectivity index (χ3v) is 7.11. The van der Waals surface area contributed by atoms with Crippen LogP contribution >= 0.6 is 0 Å². The maximum absolute atomic E-state index is 6.73. The molecule has 160 valence electrons. The van der Waals surface area contributed by atoms with Crippen molar-refractivity contribution in [1.29, 1.82) is 0 Å². The second-order valence-electron chi connectivity index (χ2n) is 9.39. The molecule has 0 amide bonds. The highest BCUT2D eigenvalue weighted by atomic mass is 16.5. The molecule has 2 fully saturated rings. The first kappa shape index (κ1) is 20.0. The summed E-state index contributed by atoms with van der Waals surface area (Å²) in [6, 6.07) is 18.3. The summed E-state index contributed by atoms with van der Waals surface area (Å²) in [6.07, 6.45) is 7.50. The number of ether oxygens (including phenoxy) is 1. The van der Waals surface area contributed by atoms with E-state index < -0.39 is 0 Å². The lowest BCUT2D eigenvalue weighted by molar-refractivity contribution is 0.0592. The molecule has 2 aliphatic heterocycles. The molecule has 2 aromatic carbocycles. The van der Waals surface area contributed by atoms with E-state index in [1.54, 1.807) is 0 Å². The van der Waals surface area contributed by atoms with Gasteiger partial charge >= 0.3 is 0 Å². The van der Waals surface area contributed by atoms with Gasteiger partial charge in [0.15, 0.2) is 0 Å². The summed E-state index contributed by atoms with van der Waals surface area (Å²) in [6.45, 7) is 5.58. The van der Waals surface area contributed by atoms with E-state index in [0.717, 1.165) is 38.2 Å². The first-order valence-electron chi connectivity index (χ1n) is 11.8. The lowest BCUT2D eigenvalue weighted by Crippen LogP contribution is -2.49. The highest BCUT2D eigenvalue weighted by Gasteiger charge is 2.39. The molecule has 4 heteroatoms. The fourth-order valence-electron chi connectivity index (χ4n) is 5.58. The van der Waals surface area contributed by atoms with Crippen LogP contribution in [0.3, 0.4) is 0 Å². The fourth-order valence-corrected chi connectivity index (χ4v) is 5.58. The molecule has 0 aromatic heterocycles. The molecule has 5 rings (SSSR count). The van der Waals surface area contributed by atoms with Crippen molar-refractivity contribution in [3.8, 4) is 5.75 Å². The molecule has 2 heterocycles. The number of hydrogen-bond acceptors (Lipinski definition) is 4. The third-order valence-electron chi connectivity index (χ3n) is 7.11. The van der Waals surface area contributed by atoms with Crippen molar-refractivity contribution in [3.63, 3.8) is 0 Å². The van der Waals surface area contributed by atoms with Crippen molar-refractivity contribution in [3.05, 3.63) is 65.2 Å². The average Bonchev–Trinajstić information content (AvgIpc) is 3.13. The van der Waals surface area contributed by atoms with Crippen molar-refractivity contribution in [2.75, 3.05) is 26.2 Å². The number of nitrogens with two attached hydrogens (primary N) is 1. The molecule has 1 aliphatic carbocycles. The maximum atomic E-state index is 6.73. The molecule has 3 atom stereocenters. The molecule has 2 N–H and O–H groups in total. The van der Waals surface area contributed by atoms with Crippen molar-refractivity contribution < 1.29 is 4.74 Å². The summed E-state index contributed by atoms with van der Waals surface area (Å²) in [5, 5.41) is 0. The zero-order chi connectivity index (χ0) is 20.3. The molecule has 0 spiro atoms. The average molecular weight is 406 g/mol. The molecule has 0 unspecified atom stereocenters. The van der Waals surface area contributed by atoms with Crippen LogP contribution in [0.2, 0.25) is 0 Å². The van der Waals surface area contributed by atoms with Gasteiger partial charge in [-0.25, -0.2) is 0 Å². The monoisotopic (exact) mass is 405 g/mol. The lowest BCUT2D eigenvalue weighted by Gasteiger charge is -2.38. The topological polar surface area (TPSA) is 41.7 Å². The number of rotatable bonds is 5.